The van der Waals surface area contributed by atoms with Crippen LogP contribution in [-0.4, -0.2) is 27.8 Å². The third-order valence-electron chi connectivity index (χ3n) is 3.71. The summed E-state index contributed by atoms with van der Waals surface area (Å²) < 4.78 is 0. The van der Waals surface area contributed by atoms with E-state index in [1.165, 1.54) is 0 Å². The maximum Gasteiger partial charge on any atom is 0.329 e. The Morgan fingerprint density at radius 2 is 1.76 bits per heavy atom. The van der Waals surface area contributed by atoms with Gasteiger partial charge in [0.25, 0.3) is 5.91 Å². The van der Waals surface area contributed by atoms with Gasteiger partial charge >= 0.3 is 5.97 Å². The quantitative estimate of drug-likeness (QED) is 0.819. The molecule has 1 aliphatic rings. The van der Waals surface area contributed by atoms with Gasteiger partial charge in [0.1, 0.15) is 5.54 Å². The van der Waals surface area contributed by atoms with E-state index in [9.17, 15) is 14.7 Å². The predicted molar refractivity (Wildman–Crippen MR) is 83.7 cm³/mol. The Bertz CT molecular complexity index is 519. The van der Waals surface area contributed by atoms with Crippen molar-refractivity contribution < 1.29 is 14.7 Å². The van der Waals surface area contributed by atoms with E-state index in [0.29, 0.717) is 23.7 Å². The summed E-state index contributed by atoms with van der Waals surface area (Å²) >= 11 is 1.73. The van der Waals surface area contributed by atoms with E-state index in [0.717, 1.165) is 17.7 Å². The lowest BCUT2D eigenvalue weighted by Crippen LogP contribution is -2.52. The highest BCUT2D eigenvalue weighted by atomic mass is 32.2. The Hall–Kier alpha value is -1.49. The molecular formula is C16H21NO3S. The van der Waals surface area contributed by atoms with Crippen LogP contribution in [0.1, 0.15) is 49.9 Å². The van der Waals surface area contributed by atoms with Crippen LogP contribution in [0.4, 0.5) is 0 Å². The molecule has 1 aromatic rings. The van der Waals surface area contributed by atoms with Crippen molar-refractivity contribution in [3.8, 4) is 0 Å². The molecule has 21 heavy (non-hydrogen) atoms. The molecule has 1 saturated carbocycles. The summed E-state index contributed by atoms with van der Waals surface area (Å²) in [6.07, 6.45) is 2.71. The van der Waals surface area contributed by atoms with Crippen LogP contribution in [0, 0.1) is 0 Å². The highest BCUT2D eigenvalue weighted by Gasteiger charge is 2.42. The smallest absolute Gasteiger partial charge is 0.329 e. The van der Waals surface area contributed by atoms with Crippen LogP contribution in [0.2, 0.25) is 0 Å². The molecular weight excluding hydrogens is 286 g/mol. The number of carboxylic acids is 1. The Kier molecular flexibility index (Phi) is 4.93. The Morgan fingerprint density at radius 3 is 2.24 bits per heavy atom. The van der Waals surface area contributed by atoms with Crippen LogP contribution >= 0.6 is 11.8 Å². The van der Waals surface area contributed by atoms with Gasteiger partial charge in [-0.1, -0.05) is 26.7 Å². The van der Waals surface area contributed by atoms with Crippen LogP contribution in [0.25, 0.3) is 0 Å². The molecule has 4 nitrogen and oxygen atoms in total. The van der Waals surface area contributed by atoms with Gasteiger partial charge in [0.2, 0.25) is 0 Å². The third kappa shape index (κ3) is 3.79. The van der Waals surface area contributed by atoms with Gasteiger partial charge in [0.05, 0.1) is 0 Å². The molecule has 0 bridgehead atoms. The average Bonchev–Trinajstić information content (AvgIpc) is 2.88. The average molecular weight is 307 g/mol. The summed E-state index contributed by atoms with van der Waals surface area (Å²) in [5.41, 5.74) is -0.571. The van der Waals surface area contributed by atoms with Gasteiger partial charge in [-0.15, -0.1) is 11.8 Å². The van der Waals surface area contributed by atoms with Crippen molar-refractivity contribution in [1.29, 1.82) is 0 Å². The molecule has 0 unspecified atom stereocenters. The molecule has 0 atom stereocenters. The van der Waals surface area contributed by atoms with Crippen LogP contribution < -0.4 is 5.32 Å². The van der Waals surface area contributed by atoms with Crippen molar-refractivity contribution >= 4 is 23.6 Å². The number of aliphatic carboxylic acids is 1. The molecule has 0 spiro atoms. The second-order valence-electron chi connectivity index (χ2n) is 5.74. The summed E-state index contributed by atoms with van der Waals surface area (Å²) in [6, 6.07) is 7.32. The Balaban J connectivity index is 2.07. The monoisotopic (exact) mass is 307 g/mol. The van der Waals surface area contributed by atoms with Gasteiger partial charge in [-0.3, -0.25) is 4.79 Å². The molecule has 2 N–H and O–H groups in total. The van der Waals surface area contributed by atoms with Crippen molar-refractivity contribution in [2.45, 2.75) is 55.2 Å². The van der Waals surface area contributed by atoms with Gasteiger partial charge in [-0.2, -0.15) is 0 Å². The van der Waals surface area contributed by atoms with Crippen LogP contribution in [0.5, 0.6) is 0 Å². The minimum Gasteiger partial charge on any atom is -0.480 e. The molecule has 1 aliphatic carbocycles. The van der Waals surface area contributed by atoms with Crippen LogP contribution in [0.3, 0.4) is 0 Å². The third-order valence-corrected chi connectivity index (χ3v) is 4.72. The summed E-state index contributed by atoms with van der Waals surface area (Å²) in [6.45, 7) is 4.23. The largest absolute Gasteiger partial charge is 0.480 e. The summed E-state index contributed by atoms with van der Waals surface area (Å²) in [5, 5.41) is 12.6. The molecule has 1 fully saturated rings. The lowest BCUT2D eigenvalue weighted by Gasteiger charge is -2.25. The van der Waals surface area contributed by atoms with E-state index in [-0.39, 0.29) is 5.91 Å². The maximum absolute atomic E-state index is 12.3. The standard InChI is InChI=1S/C16H21NO3S/c1-11(2)21-13-7-5-12(6-8-13)14(18)17-16(15(19)20)9-3-4-10-16/h5-8,11H,3-4,9-10H2,1-2H3,(H,17,18)(H,19,20). The first-order chi connectivity index (χ1) is 9.93. The number of nitrogens with one attached hydrogen (secondary N) is 1. The number of thioether (sulfide) groups is 1. The van der Waals surface area contributed by atoms with Crippen molar-refractivity contribution in [1.82, 2.24) is 5.32 Å². The van der Waals surface area contributed by atoms with Gasteiger partial charge in [0, 0.05) is 15.7 Å². The van der Waals surface area contributed by atoms with Gasteiger partial charge in [-0.25, -0.2) is 4.79 Å². The molecule has 2 rings (SSSR count). The zero-order valence-corrected chi connectivity index (χ0v) is 13.2. The molecule has 1 amide bonds. The summed E-state index contributed by atoms with van der Waals surface area (Å²) in [4.78, 5) is 24.8. The van der Waals surface area contributed by atoms with E-state index >= 15 is 0 Å². The molecule has 5 heteroatoms. The molecule has 0 aromatic heterocycles. The van der Waals surface area contributed by atoms with Gasteiger partial charge in [-0.05, 0) is 37.1 Å². The number of carboxylic acid groups (broad SMARTS) is 1. The number of carbonyl (C=O) groups excluding carboxylic acids is 1. The maximum atomic E-state index is 12.3. The zero-order chi connectivity index (χ0) is 15.5. The SMILES string of the molecule is CC(C)Sc1ccc(C(=O)NC2(C(=O)O)CCCC2)cc1. The highest BCUT2D eigenvalue weighted by Crippen LogP contribution is 2.30. The lowest BCUT2D eigenvalue weighted by molar-refractivity contribution is -0.144. The molecule has 114 valence electrons. The highest BCUT2D eigenvalue weighted by molar-refractivity contribution is 7.99. The number of amides is 1. The molecule has 0 radical (unpaired) electrons. The number of carbonyl (C=O) groups is 2. The second-order valence-corrected chi connectivity index (χ2v) is 7.39. The van der Waals surface area contributed by atoms with E-state index in [4.69, 9.17) is 0 Å². The summed E-state index contributed by atoms with van der Waals surface area (Å²) in [5.74, 6) is -1.24. The topological polar surface area (TPSA) is 66.4 Å². The second kappa shape index (κ2) is 6.52. The van der Waals surface area contributed by atoms with E-state index in [1.54, 1.807) is 23.9 Å². The van der Waals surface area contributed by atoms with E-state index in [1.807, 2.05) is 12.1 Å². The zero-order valence-electron chi connectivity index (χ0n) is 12.4. The van der Waals surface area contributed by atoms with Crippen molar-refractivity contribution in [3.63, 3.8) is 0 Å². The number of hydrogen-bond donors (Lipinski definition) is 2. The normalized spacial score (nSPS) is 16.9. The fraction of sp³-hybridized carbons (Fsp3) is 0.500. The Labute approximate surface area is 129 Å². The van der Waals surface area contributed by atoms with E-state index < -0.39 is 11.5 Å². The first kappa shape index (κ1) is 15.9. The molecule has 0 saturated heterocycles. The minimum atomic E-state index is -1.08. The Morgan fingerprint density at radius 1 is 1.19 bits per heavy atom. The lowest BCUT2D eigenvalue weighted by atomic mass is 9.97. The fourth-order valence-corrected chi connectivity index (χ4v) is 3.45. The fourth-order valence-electron chi connectivity index (χ4n) is 2.62. The van der Waals surface area contributed by atoms with Crippen molar-refractivity contribution in [3.05, 3.63) is 29.8 Å². The molecule has 0 aliphatic heterocycles. The van der Waals surface area contributed by atoms with Crippen LogP contribution in [-0.2, 0) is 4.79 Å². The predicted octanol–water partition coefficient (Wildman–Crippen LogP) is 3.31. The van der Waals surface area contributed by atoms with E-state index in [2.05, 4.69) is 19.2 Å². The number of rotatable bonds is 5. The summed E-state index contributed by atoms with van der Waals surface area (Å²) in [7, 11) is 0. The van der Waals surface area contributed by atoms with Gasteiger partial charge < -0.3 is 10.4 Å². The number of hydrogen-bond acceptors (Lipinski definition) is 3. The number of benzene rings is 1. The van der Waals surface area contributed by atoms with Crippen LogP contribution in [0.15, 0.2) is 29.2 Å². The molecule has 1 aromatic carbocycles. The van der Waals surface area contributed by atoms with Crippen molar-refractivity contribution in [2.75, 3.05) is 0 Å². The first-order valence-corrected chi connectivity index (χ1v) is 8.13. The molecule has 0 heterocycles. The van der Waals surface area contributed by atoms with Gasteiger partial charge in [0.15, 0.2) is 0 Å². The van der Waals surface area contributed by atoms with Crippen molar-refractivity contribution in [2.24, 2.45) is 0 Å². The minimum absolute atomic E-state index is 0.305. The first-order valence-electron chi connectivity index (χ1n) is 7.25.